The summed E-state index contributed by atoms with van der Waals surface area (Å²) in [5.41, 5.74) is 0. The van der Waals surface area contributed by atoms with Crippen LogP contribution in [0.25, 0.3) is 0 Å². The number of carboxylic acids is 1. The van der Waals surface area contributed by atoms with Crippen molar-refractivity contribution in [1.82, 2.24) is 5.32 Å². The third-order valence-corrected chi connectivity index (χ3v) is 3.21. The lowest BCUT2D eigenvalue weighted by molar-refractivity contribution is -0.295. The second-order valence-corrected chi connectivity index (χ2v) is 4.91. The molecule has 122 valence electrons. The average molecular weight is 309 g/mol. The highest BCUT2D eigenvalue weighted by molar-refractivity contribution is 5.76. The molecule has 10 nitrogen and oxygen atoms in total. The molecule has 0 saturated carbocycles. The smallest absolute Gasteiger partial charge is 0.364 e. The number of aliphatic hydroxyl groups is 5. The van der Waals surface area contributed by atoms with E-state index in [0.717, 1.165) is 6.92 Å². The Labute approximate surface area is 119 Å². The highest BCUT2D eigenvalue weighted by Gasteiger charge is 2.53. The van der Waals surface area contributed by atoms with Gasteiger partial charge in [0.2, 0.25) is 5.91 Å². The molecule has 10 heteroatoms. The lowest BCUT2D eigenvalue weighted by Crippen LogP contribution is -2.67. The zero-order valence-electron chi connectivity index (χ0n) is 11.2. The third kappa shape index (κ3) is 3.87. The van der Waals surface area contributed by atoms with Crippen molar-refractivity contribution in [3.05, 3.63) is 0 Å². The highest BCUT2D eigenvalue weighted by Crippen LogP contribution is 2.30. The van der Waals surface area contributed by atoms with Crippen LogP contribution in [0.1, 0.15) is 13.3 Å². The van der Waals surface area contributed by atoms with E-state index >= 15 is 0 Å². The number of amides is 1. The van der Waals surface area contributed by atoms with Crippen LogP contribution in [-0.4, -0.2) is 85.4 Å². The number of carbonyl (C=O) groups is 2. The monoisotopic (exact) mass is 309 g/mol. The summed E-state index contributed by atoms with van der Waals surface area (Å²) in [6, 6.07) is -1.27. The van der Waals surface area contributed by atoms with Crippen LogP contribution in [0.5, 0.6) is 0 Å². The second kappa shape index (κ2) is 6.64. The molecule has 0 radical (unpaired) electrons. The first-order valence-electron chi connectivity index (χ1n) is 6.18. The summed E-state index contributed by atoms with van der Waals surface area (Å²) in [7, 11) is 0. The van der Waals surface area contributed by atoms with Crippen molar-refractivity contribution in [2.24, 2.45) is 0 Å². The zero-order chi connectivity index (χ0) is 16.4. The lowest BCUT2D eigenvalue weighted by atomic mass is 9.88. The Hall–Kier alpha value is -1.30. The fourth-order valence-corrected chi connectivity index (χ4v) is 2.14. The van der Waals surface area contributed by atoms with Crippen molar-refractivity contribution in [2.45, 2.75) is 49.6 Å². The molecule has 1 aliphatic rings. The van der Waals surface area contributed by atoms with E-state index in [0.29, 0.717) is 0 Å². The first-order chi connectivity index (χ1) is 9.62. The molecule has 7 N–H and O–H groups in total. The van der Waals surface area contributed by atoms with Gasteiger partial charge in [0, 0.05) is 13.3 Å². The molecule has 0 unspecified atom stereocenters. The number of hydrogen-bond donors (Lipinski definition) is 7. The molecule has 1 fully saturated rings. The predicted octanol–water partition coefficient (Wildman–Crippen LogP) is -3.87. The summed E-state index contributed by atoms with van der Waals surface area (Å²) in [5, 5.41) is 59.0. The van der Waals surface area contributed by atoms with E-state index in [4.69, 9.17) is 14.9 Å². The second-order valence-electron chi connectivity index (χ2n) is 4.91. The number of hydrogen-bond acceptors (Lipinski definition) is 8. The first-order valence-corrected chi connectivity index (χ1v) is 6.18. The number of aliphatic hydroxyl groups excluding tert-OH is 4. The fourth-order valence-electron chi connectivity index (χ4n) is 2.14. The molecule has 1 rings (SSSR count). The summed E-state index contributed by atoms with van der Waals surface area (Å²) in [5.74, 6) is -5.17. The van der Waals surface area contributed by atoms with Gasteiger partial charge >= 0.3 is 5.97 Å². The highest BCUT2D eigenvalue weighted by atomic mass is 16.7. The SMILES string of the molecule is CC(=O)N[C@H]1[C@H]([C@@H](O)[C@H](O)CO)O[C@@](O)(C(=O)O)C[C@@H]1O. The molecule has 21 heavy (non-hydrogen) atoms. The van der Waals surface area contributed by atoms with Gasteiger partial charge in [0.05, 0.1) is 18.8 Å². The summed E-state index contributed by atoms with van der Waals surface area (Å²) in [6.07, 6.45) is -7.48. The molecular weight excluding hydrogens is 290 g/mol. The van der Waals surface area contributed by atoms with E-state index in [2.05, 4.69) is 5.32 Å². The van der Waals surface area contributed by atoms with Crippen LogP contribution in [0.2, 0.25) is 0 Å². The van der Waals surface area contributed by atoms with E-state index in [9.17, 15) is 30.0 Å². The largest absolute Gasteiger partial charge is 0.477 e. The Morgan fingerprint density at radius 2 is 2.00 bits per heavy atom. The number of nitrogens with one attached hydrogen (secondary N) is 1. The molecule has 1 heterocycles. The Kier molecular flexibility index (Phi) is 5.61. The summed E-state index contributed by atoms with van der Waals surface area (Å²) in [4.78, 5) is 22.1. The van der Waals surface area contributed by atoms with Gasteiger partial charge in [-0.05, 0) is 0 Å². The molecule has 0 aliphatic carbocycles. The molecule has 1 saturated heterocycles. The van der Waals surface area contributed by atoms with E-state index in [-0.39, 0.29) is 0 Å². The molecule has 0 aromatic rings. The molecule has 1 amide bonds. The maximum atomic E-state index is 11.1. The van der Waals surface area contributed by atoms with Crippen LogP contribution >= 0.6 is 0 Å². The Bertz CT molecular complexity index is 403. The van der Waals surface area contributed by atoms with E-state index in [1.54, 1.807) is 0 Å². The number of rotatable bonds is 5. The van der Waals surface area contributed by atoms with Gasteiger partial charge in [0.15, 0.2) is 0 Å². The number of ether oxygens (including phenoxy) is 1. The Morgan fingerprint density at radius 1 is 1.43 bits per heavy atom. The molecule has 0 aromatic heterocycles. The number of carbonyl (C=O) groups excluding carboxylic acids is 1. The van der Waals surface area contributed by atoms with Crippen LogP contribution in [0, 0.1) is 0 Å². The molecule has 0 spiro atoms. The first kappa shape index (κ1) is 17.8. The Balaban J connectivity index is 3.07. The number of carboxylic acid groups (broad SMARTS) is 1. The van der Waals surface area contributed by atoms with Crippen molar-refractivity contribution in [2.75, 3.05) is 6.61 Å². The quantitative estimate of drug-likeness (QED) is 0.268. The van der Waals surface area contributed by atoms with Crippen LogP contribution in [0.15, 0.2) is 0 Å². The van der Waals surface area contributed by atoms with Crippen LogP contribution in [0.3, 0.4) is 0 Å². The topological polar surface area (TPSA) is 177 Å². The van der Waals surface area contributed by atoms with Crippen LogP contribution < -0.4 is 5.32 Å². The maximum Gasteiger partial charge on any atom is 0.364 e. The van der Waals surface area contributed by atoms with Crippen molar-refractivity contribution >= 4 is 11.9 Å². The molecular formula is C11H19NO9. The van der Waals surface area contributed by atoms with E-state index < -0.39 is 61.1 Å². The average Bonchev–Trinajstić information content (AvgIpc) is 2.39. The van der Waals surface area contributed by atoms with E-state index in [1.165, 1.54) is 0 Å². The molecule has 6 atom stereocenters. The molecule has 0 bridgehead atoms. The van der Waals surface area contributed by atoms with E-state index in [1.807, 2.05) is 0 Å². The van der Waals surface area contributed by atoms with Gasteiger partial charge in [0.25, 0.3) is 5.79 Å². The fraction of sp³-hybridized carbons (Fsp3) is 0.818. The standard InChI is InChI=1S/C11H19NO9/c1-4(14)12-7-5(15)2-11(20,10(18)19)21-9(7)8(17)6(16)3-13/h5-9,13,15-17,20H,2-3H2,1H3,(H,12,14)(H,18,19)/t5-,6+,7+,8-,9+,11+/m0/s1. The zero-order valence-corrected chi connectivity index (χ0v) is 11.2. The van der Waals surface area contributed by atoms with Crippen LogP contribution in [-0.2, 0) is 14.3 Å². The van der Waals surface area contributed by atoms with Gasteiger partial charge in [-0.3, -0.25) is 4.79 Å². The lowest BCUT2D eigenvalue weighted by Gasteiger charge is -2.44. The minimum Gasteiger partial charge on any atom is -0.477 e. The normalized spacial score (nSPS) is 35.8. The van der Waals surface area contributed by atoms with Crippen molar-refractivity contribution in [3.8, 4) is 0 Å². The van der Waals surface area contributed by atoms with Crippen molar-refractivity contribution in [1.29, 1.82) is 0 Å². The van der Waals surface area contributed by atoms with Gasteiger partial charge in [0.1, 0.15) is 18.3 Å². The van der Waals surface area contributed by atoms with Gasteiger partial charge in [-0.2, -0.15) is 0 Å². The summed E-state index contributed by atoms with van der Waals surface area (Å²) < 4.78 is 4.86. The van der Waals surface area contributed by atoms with Crippen LogP contribution in [0.4, 0.5) is 0 Å². The van der Waals surface area contributed by atoms with Crippen molar-refractivity contribution < 1.29 is 45.0 Å². The summed E-state index contributed by atoms with van der Waals surface area (Å²) in [6.45, 7) is 0.256. The number of aliphatic carboxylic acids is 1. The minimum atomic E-state index is -2.78. The van der Waals surface area contributed by atoms with Gasteiger partial charge in [-0.25, -0.2) is 4.79 Å². The Morgan fingerprint density at radius 3 is 2.43 bits per heavy atom. The third-order valence-electron chi connectivity index (χ3n) is 3.21. The van der Waals surface area contributed by atoms with Gasteiger partial charge in [-0.15, -0.1) is 0 Å². The van der Waals surface area contributed by atoms with Gasteiger partial charge < -0.3 is 40.7 Å². The van der Waals surface area contributed by atoms with Crippen molar-refractivity contribution in [3.63, 3.8) is 0 Å². The van der Waals surface area contributed by atoms with Gasteiger partial charge in [-0.1, -0.05) is 0 Å². The minimum absolute atomic E-state index is 0.598. The summed E-state index contributed by atoms with van der Waals surface area (Å²) >= 11 is 0. The predicted molar refractivity (Wildman–Crippen MR) is 64.8 cm³/mol. The maximum absolute atomic E-state index is 11.1. The molecule has 0 aromatic carbocycles. The molecule has 1 aliphatic heterocycles.